The first-order chi connectivity index (χ1) is 18.8. The van der Waals surface area contributed by atoms with Crippen molar-refractivity contribution in [1.29, 1.82) is 0 Å². The number of piperidine rings is 1. The minimum atomic E-state index is -0.295. The number of fused-ring (bicyclic) bond motifs is 5. The Morgan fingerprint density at radius 3 is 2.36 bits per heavy atom. The Hall–Kier alpha value is -2.82. The van der Waals surface area contributed by atoms with E-state index in [1.54, 1.807) is 0 Å². The molecule has 3 aliphatic carbocycles. The molecule has 2 aromatic rings. The number of nitrogens with zero attached hydrogens (tertiary/aromatic N) is 1. The van der Waals surface area contributed by atoms with Crippen LogP contribution in [0, 0.1) is 28.6 Å². The third-order valence-corrected chi connectivity index (χ3v) is 11.5. The molecular formula is C34H44N2O3. The number of amides is 2. The number of nitrogens with one attached hydrogen (secondary N) is 1. The van der Waals surface area contributed by atoms with Gasteiger partial charge in [-0.2, -0.15) is 0 Å². The van der Waals surface area contributed by atoms with Gasteiger partial charge < -0.3 is 15.0 Å². The molecule has 2 amide bonds. The molecule has 8 atom stereocenters. The highest BCUT2D eigenvalue weighted by Gasteiger charge is 2.62. The highest BCUT2D eigenvalue weighted by Crippen LogP contribution is 2.65. The average molecular weight is 529 g/mol. The van der Waals surface area contributed by atoms with E-state index in [1.807, 2.05) is 43.4 Å². The van der Waals surface area contributed by atoms with Gasteiger partial charge in [0.2, 0.25) is 5.91 Å². The topological polar surface area (TPSA) is 58.6 Å². The van der Waals surface area contributed by atoms with Crippen molar-refractivity contribution in [3.05, 3.63) is 71.8 Å². The van der Waals surface area contributed by atoms with Crippen molar-refractivity contribution in [2.24, 2.45) is 28.6 Å². The second-order valence-corrected chi connectivity index (χ2v) is 13.3. The van der Waals surface area contributed by atoms with E-state index < -0.39 is 0 Å². The third-order valence-electron chi connectivity index (χ3n) is 11.5. The first-order valence-corrected chi connectivity index (χ1v) is 15.1. The van der Waals surface area contributed by atoms with E-state index in [0.717, 1.165) is 44.1 Å². The van der Waals surface area contributed by atoms with Gasteiger partial charge in [0.15, 0.2) is 0 Å². The second-order valence-electron chi connectivity index (χ2n) is 13.3. The van der Waals surface area contributed by atoms with Crippen molar-refractivity contribution < 1.29 is 14.3 Å². The Morgan fingerprint density at radius 2 is 1.62 bits per heavy atom. The number of hydrogen-bond acceptors (Lipinski definition) is 3. The molecule has 5 nitrogen and oxygen atoms in total. The summed E-state index contributed by atoms with van der Waals surface area (Å²) in [5, 5.41) is 3.23. The zero-order valence-corrected chi connectivity index (χ0v) is 23.8. The number of likely N-dealkylation sites (tertiary alicyclic amines) is 1. The summed E-state index contributed by atoms with van der Waals surface area (Å²) in [6.45, 7) is 4.86. The molecule has 4 aliphatic rings. The van der Waals surface area contributed by atoms with E-state index in [9.17, 15) is 9.59 Å². The van der Waals surface area contributed by atoms with Crippen LogP contribution in [0.2, 0.25) is 0 Å². The molecule has 0 bridgehead atoms. The van der Waals surface area contributed by atoms with Crippen LogP contribution in [0.1, 0.15) is 82.4 Å². The van der Waals surface area contributed by atoms with E-state index in [-0.39, 0.29) is 29.1 Å². The van der Waals surface area contributed by atoms with Crippen molar-refractivity contribution in [3.8, 4) is 0 Å². The second kappa shape index (κ2) is 10.3. The van der Waals surface area contributed by atoms with E-state index in [2.05, 4.69) is 48.3 Å². The summed E-state index contributed by atoms with van der Waals surface area (Å²) < 4.78 is 6.31. The number of ether oxygens (including phenoxy) is 1. The molecule has 0 spiro atoms. The van der Waals surface area contributed by atoms with Crippen LogP contribution in [0.3, 0.4) is 0 Å². The van der Waals surface area contributed by atoms with E-state index in [4.69, 9.17) is 4.74 Å². The first kappa shape index (κ1) is 26.4. The van der Waals surface area contributed by atoms with Gasteiger partial charge in [-0.25, -0.2) is 4.79 Å². The lowest BCUT2D eigenvalue weighted by Gasteiger charge is -2.61. The zero-order chi connectivity index (χ0) is 27.2. The lowest BCUT2D eigenvalue weighted by atomic mass is 9.47. The summed E-state index contributed by atoms with van der Waals surface area (Å²) in [6, 6.07) is 20.8. The lowest BCUT2D eigenvalue weighted by molar-refractivity contribution is -0.159. The highest BCUT2D eigenvalue weighted by molar-refractivity contribution is 5.77. The maximum absolute atomic E-state index is 13.4. The molecule has 1 heterocycles. The molecule has 1 saturated heterocycles. The maximum Gasteiger partial charge on any atom is 0.407 e. The van der Waals surface area contributed by atoms with Gasteiger partial charge in [-0.15, -0.1) is 0 Å². The monoisotopic (exact) mass is 528 g/mol. The van der Waals surface area contributed by atoms with Crippen LogP contribution in [0.5, 0.6) is 0 Å². The summed E-state index contributed by atoms with van der Waals surface area (Å²) >= 11 is 0. The van der Waals surface area contributed by atoms with Crippen molar-refractivity contribution in [2.45, 2.75) is 89.8 Å². The molecule has 0 radical (unpaired) electrons. The van der Waals surface area contributed by atoms with Crippen molar-refractivity contribution >= 4 is 12.0 Å². The number of alkyl carbamates (subject to hydrolysis) is 1. The van der Waals surface area contributed by atoms with Gasteiger partial charge in [0, 0.05) is 24.9 Å². The molecule has 5 heteroatoms. The number of rotatable bonds is 5. The Morgan fingerprint density at radius 1 is 0.923 bits per heavy atom. The molecule has 3 saturated carbocycles. The number of benzene rings is 2. The average Bonchev–Trinajstić information content (AvgIpc) is 3.27. The molecule has 6 rings (SSSR count). The van der Waals surface area contributed by atoms with Crippen LogP contribution in [-0.2, 0) is 16.0 Å². The fourth-order valence-corrected chi connectivity index (χ4v) is 9.39. The standard InChI is InChI=1S/C34H44N2O3/c1-33-21-19-31(37)36(3)29(33)16-14-25-26-15-17-30(34(26,2)20-18-27(25)33)39-32(38)35-28(24-12-8-5-9-13-24)22-23-10-6-4-7-11-23/h4-13,25-30H,14-22H2,1-3H3,(H,35,38)/t25-,26-,27-,28?,29+,30-,33+,34-/m0/s1. The summed E-state index contributed by atoms with van der Waals surface area (Å²) in [5.74, 6) is 2.23. The molecule has 1 unspecified atom stereocenters. The van der Waals surface area contributed by atoms with E-state index >= 15 is 0 Å². The van der Waals surface area contributed by atoms with Gasteiger partial charge in [0.05, 0.1) is 6.04 Å². The van der Waals surface area contributed by atoms with Gasteiger partial charge in [-0.3, -0.25) is 4.79 Å². The van der Waals surface area contributed by atoms with Crippen molar-refractivity contribution in [1.82, 2.24) is 10.2 Å². The van der Waals surface area contributed by atoms with Crippen LogP contribution in [0.4, 0.5) is 4.79 Å². The smallest absolute Gasteiger partial charge is 0.407 e. The fourth-order valence-electron chi connectivity index (χ4n) is 9.39. The number of carbonyl (C=O) groups is 2. The van der Waals surface area contributed by atoms with E-state index in [0.29, 0.717) is 36.1 Å². The van der Waals surface area contributed by atoms with Gasteiger partial charge in [0.1, 0.15) is 6.10 Å². The minimum absolute atomic E-state index is 0.0275. The Balaban J connectivity index is 1.15. The van der Waals surface area contributed by atoms with Gasteiger partial charge in [-0.1, -0.05) is 74.5 Å². The van der Waals surface area contributed by atoms with Crippen molar-refractivity contribution in [3.63, 3.8) is 0 Å². The minimum Gasteiger partial charge on any atom is -0.446 e. The van der Waals surface area contributed by atoms with Crippen LogP contribution in [0.25, 0.3) is 0 Å². The molecule has 208 valence electrons. The van der Waals surface area contributed by atoms with Crippen LogP contribution >= 0.6 is 0 Å². The lowest BCUT2D eigenvalue weighted by Crippen LogP contribution is -2.61. The largest absolute Gasteiger partial charge is 0.446 e. The normalized spacial score (nSPS) is 36.3. The molecule has 1 N–H and O–H groups in total. The quantitative estimate of drug-likeness (QED) is 0.458. The number of hydrogen-bond donors (Lipinski definition) is 1. The summed E-state index contributed by atoms with van der Waals surface area (Å²) in [4.78, 5) is 27.9. The van der Waals surface area contributed by atoms with E-state index in [1.165, 1.54) is 18.4 Å². The van der Waals surface area contributed by atoms with Gasteiger partial charge in [-0.05, 0) is 85.7 Å². The number of carbonyl (C=O) groups excluding carboxylic acids is 2. The zero-order valence-electron chi connectivity index (χ0n) is 23.8. The molecular weight excluding hydrogens is 484 g/mol. The molecule has 1 aliphatic heterocycles. The Labute approximate surface area is 233 Å². The SMILES string of the molecule is CN1C(=O)CC[C@]2(C)[C@H]3CC[C@]4(C)[C@@H](OC(=O)NC(Cc5ccccc5)c5ccccc5)CC[C@H]4[C@@H]3CC[C@@H]12. The summed E-state index contributed by atoms with van der Waals surface area (Å²) in [6.07, 6.45) is 8.76. The van der Waals surface area contributed by atoms with Crippen LogP contribution in [0.15, 0.2) is 60.7 Å². The van der Waals surface area contributed by atoms with Crippen LogP contribution < -0.4 is 5.32 Å². The predicted octanol–water partition coefficient (Wildman–Crippen LogP) is 6.93. The Kier molecular flexibility index (Phi) is 6.97. The fraction of sp³-hybridized carbons (Fsp3) is 0.588. The van der Waals surface area contributed by atoms with Crippen LogP contribution in [-0.4, -0.2) is 36.1 Å². The summed E-state index contributed by atoms with van der Waals surface area (Å²) in [5.41, 5.74) is 2.52. The third kappa shape index (κ3) is 4.66. The highest BCUT2D eigenvalue weighted by atomic mass is 16.6. The Bertz CT molecular complexity index is 1190. The van der Waals surface area contributed by atoms with Crippen molar-refractivity contribution in [2.75, 3.05) is 7.05 Å². The molecule has 39 heavy (non-hydrogen) atoms. The van der Waals surface area contributed by atoms with Gasteiger partial charge in [0.25, 0.3) is 0 Å². The first-order valence-electron chi connectivity index (χ1n) is 15.1. The molecule has 2 aromatic carbocycles. The molecule has 0 aromatic heterocycles. The summed E-state index contributed by atoms with van der Waals surface area (Å²) in [7, 11) is 2.02. The maximum atomic E-state index is 13.4. The predicted molar refractivity (Wildman–Crippen MR) is 153 cm³/mol. The van der Waals surface area contributed by atoms with Gasteiger partial charge >= 0.3 is 6.09 Å². The molecule has 4 fully saturated rings.